The van der Waals surface area contributed by atoms with E-state index in [9.17, 15) is 0 Å². The molecule has 3 nitrogen and oxygen atoms in total. The molecule has 0 bridgehead atoms. The first-order valence-electron chi connectivity index (χ1n) is 28.2. The average Bonchev–Trinajstić information content (AvgIpc) is 2.94. The highest BCUT2D eigenvalue weighted by molar-refractivity contribution is 6.12. The zero-order chi connectivity index (χ0) is 54.1. The van der Waals surface area contributed by atoms with Crippen molar-refractivity contribution < 1.29 is 4.42 Å². The molecule has 0 saturated heterocycles. The number of benzene rings is 13. The Labute approximate surface area is 477 Å². The second kappa shape index (κ2) is 19.3. The van der Waals surface area contributed by atoms with Crippen LogP contribution in [-0.2, 0) is 5.41 Å². The Morgan fingerprint density at radius 2 is 0.634 bits per heavy atom. The molecule has 1 atom stereocenters. The van der Waals surface area contributed by atoms with Crippen LogP contribution in [0.1, 0.15) is 22.3 Å². The summed E-state index contributed by atoms with van der Waals surface area (Å²) >= 11 is 0. The van der Waals surface area contributed by atoms with Crippen LogP contribution in [0.15, 0.2) is 320 Å². The van der Waals surface area contributed by atoms with E-state index in [-0.39, 0.29) is 0 Å². The van der Waals surface area contributed by atoms with E-state index in [1.54, 1.807) is 0 Å². The summed E-state index contributed by atoms with van der Waals surface area (Å²) < 4.78 is 6.80. The minimum atomic E-state index is -0.633. The van der Waals surface area contributed by atoms with Crippen molar-refractivity contribution >= 4 is 56.1 Å². The normalized spacial score (nSPS) is 13.7. The largest absolute Gasteiger partial charge is 0.455 e. The highest BCUT2D eigenvalue weighted by Crippen LogP contribution is 2.66. The summed E-state index contributed by atoms with van der Waals surface area (Å²) in [6, 6.07) is 115. The predicted octanol–water partition coefficient (Wildman–Crippen LogP) is 21.5. The van der Waals surface area contributed by atoms with Gasteiger partial charge in [0.15, 0.2) is 0 Å². The molecule has 0 fully saturated rings. The van der Waals surface area contributed by atoms with Crippen LogP contribution < -0.4 is 9.80 Å². The van der Waals surface area contributed by atoms with Gasteiger partial charge in [0.2, 0.25) is 0 Å². The van der Waals surface area contributed by atoms with Gasteiger partial charge in [-0.15, -0.1) is 0 Å². The van der Waals surface area contributed by atoms with Gasteiger partial charge in [0.05, 0.1) is 11.1 Å². The number of furan rings is 1. The molecule has 1 aromatic heterocycles. The molecule has 82 heavy (non-hydrogen) atoms. The molecule has 3 heteroatoms. The molecular formula is C79H52N2O. The van der Waals surface area contributed by atoms with E-state index in [2.05, 4.69) is 325 Å². The lowest BCUT2D eigenvalue weighted by atomic mass is 9.70. The van der Waals surface area contributed by atoms with E-state index >= 15 is 0 Å². The first-order valence-corrected chi connectivity index (χ1v) is 28.2. The van der Waals surface area contributed by atoms with Gasteiger partial charge in [-0.2, -0.15) is 0 Å². The van der Waals surface area contributed by atoms with Gasteiger partial charge in [-0.25, -0.2) is 0 Å². The molecule has 1 unspecified atom stereocenters. The molecular weight excluding hydrogens is 993 g/mol. The molecule has 1 heterocycles. The van der Waals surface area contributed by atoms with Crippen LogP contribution in [0.25, 0.3) is 88.7 Å². The van der Waals surface area contributed by atoms with Crippen molar-refractivity contribution in [1.29, 1.82) is 0 Å². The van der Waals surface area contributed by atoms with Crippen molar-refractivity contribution in [2.75, 3.05) is 9.80 Å². The highest BCUT2D eigenvalue weighted by atomic mass is 16.3. The van der Waals surface area contributed by atoms with Gasteiger partial charge < -0.3 is 14.2 Å². The lowest BCUT2D eigenvalue weighted by Gasteiger charge is -2.32. The number of nitrogens with zero attached hydrogens (tertiary/aromatic N) is 2. The van der Waals surface area contributed by atoms with E-state index in [4.69, 9.17) is 4.42 Å². The molecule has 0 amide bonds. The zero-order valence-electron chi connectivity index (χ0n) is 44.8. The molecule has 2 aliphatic rings. The Hall–Kier alpha value is -10.7. The maximum Gasteiger partial charge on any atom is 0.143 e. The first kappa shape index (κ1) is 47.3. The second-order valence-electron chi connectivity index (χ2n) is 21.4. The van der Waals surface area contributed by atoms with E-state index in [1.165, 1.54) is 66.8 Å². The van der Waals surface area contributed by atoms with E-state index in [1.807, 2.05) is 0 Å². The standard InChI is InChI=1S/C79H52N2O/c1-5-22-53(23-6-1)55-42-46-59(47-43-55)80(57-26-9-3-10-27-57)61-50-51-74(81(58-28-11-4-12-29-58)60-48-44-56(45-49-60)54-24-7-2-8-25-54)69(52-61)64-34-21-40-73-77(64)68-32-14-17-38-71(68)79(73)70-37-16-13-31-67(70)76-63(33-20-39-72(76)79)66-36-19-35-65-62-30-15-18-41-75(62)82-78(65)66/h1-52H. The summed E-state index contributed by atoms with van der Waals surface area (Å²) in [4.78, 5) is 4.84. The topological polar surface area (TPSA) is 19.6 Å². The fourth-order valence-corrected chi connectivity index (χ4v) is 13.6. The third kappa shape index (κ3) is 7.37. The molecule has 0 aliphatic heterocycles. The number of fused-ring (bicyclic) bond motifs is 13. The highest BCUT2D eigenvalue weighted by Gasteiger charge is 2.53. The van der Waals surface area contributed by atoms with Gasteiger partial charge in [0, 0.05) is 50.3 Å². The van der Waals surface area contributed by atoms with Crippen LogP contribution in [0, 0.1) is 0 Å². The number of anilines is 6. The van der Waals surface area contributed by atoms with Crippen molar-refractivity contribution in [3.63, 3.8) is 0 Å². The van der Waals surface area contributed by atoms with Crippen LogP contribution in [0.4, 0.5) is 34.1 Å². The van der Waals surface area contributed by atoms with Gasteiger partial charge in [0.1, 0.15) is 11.2 Å². The summed E-state index contributed by atoms with van der Waals surface area (Å²) in [6.07, 6.45) is 0. The summed E-state index contributed by atoms with van der Waals surface area (Å²) in [6.45, 7) is 0. The predicted molar refractivity (Wildman–Crippen MR) is 341 cm³/mol. The molecule has 0 saturated carbocycles. The lowest BCUT2D eigenvalue weighted by molar-refractivity contribution is 0.670. The Morgan fingerprint density at radius 1 is 0.244 bits per heavy atom. The number of para-hydroxylation sites is 4. The van der Waals surface area contributed by atoms with Gasteiger partial charge in [0.25, 0.3) is 0 Å². The van der Waals surface area contributed by atoms with E-state index in [0.29, 0.717) is 0 Å². The second-order valence-corrected chi connectivity index (χ2v) is 21.4. The zero-order valence-corrected chi connectivity index (χ0v) is 44.8. The Bertz CT molecular complexity index is 4720. The molecule has 384 valence electrons. The quantitative estimate of drug-likeness (QED) is 0.136. The molecule has 2 aliphatic carbocycles. The van der Waals surface area contributed by atoms with Crippen LogP contribution in [0.2, 0.25) is 0 Å². The lowest BCUT2D eigenvalue weighted by Crippen LogP contribution is -2.25. The summed E-state index contributed by atoms with van der Waals surface area (Å²) in [5.41, 5.74) is 26.8. The molecule has 0 radical (unpaired) electrons. The average molecular weight is 1050 g/mol. The fraction of sp³-hybridized carbons (Fsp3) is 0.0127. The minimum Gasteiger partial charge on any atom is -0.455 e. The smallest absolute Gasteiger partial charge is 0.143 e. The first-order chi connectivity index (χ1) is 40.7. The third-order valence-corrected chi connectivity index (χ3v) is 17.1. The Balaban J connectivity index is 0.954. The molecule has 14 aromatic rings. The van der Waals surface area contributed by atoms with Crippen molar-refractivity contribution in [1.82, 2.24) is 0 Å². The summed E-state index contributed by atoms with van der Waals surface area (Å²) in [5, 5.41) is 2.25. The van der Waals surface area contributed by atoms with Crippen LogP contribution in [0.5, 0.6) is 0 Å². The molecule has 0 N–H and O–H groups in total. The van der Waals surface area contributed by atoms with E-state index < -0.39 is 5.41 Å². The van der Waals surface area contributed by atoms with Crippen molar-refractivity contribution in [3.05, 3.63) is 338 Å². The Morgan fingerprint density at radius 3 is 1.22 bits per heavy atom. The number of rotatable bonds is 10. The van der Waals surface area contributed by atoms with Crippen LogP contribution >= 0.6 is 0 Å². The maximum absolute atomic E-state index is 6.80. The number of hydrogen-bond acceptors (Lipinski definition) is 3. The van der Waals surface area contributed by atoms with Crippen molar-refractivity contribution in [2.45, 2.75) is 5.41 Å². The van der Waals surface area contributed by atoms with Gasteiger partial charge in [-0.05, 0) is 151 Å². The van der Waals surface area contributed by atoms with Crippen molar-refractivity contribution in [2.24, 2.45) is 0 Å². The molecule has 13 aromatic carbocycles. The SMILES string of the molecule is c1ccc(-c2ccc(N(c3ccccc3)c3ccc(N(c4ccccc4)c4ccc(-c5ccccc5)cc4)c(-c4cccc5c4-c4ccccc4C54c5ccccc5-c5c(-c6cccc7c6oc6ccccc67)cccc54)c3)cc2)cc1. The van der Waals surface area contributed by atoms with Gasteiger partial charge in [-0.3, -0.25) is 0 Å². The van der Waals surface area contributed by atoms with E-state index in [0.717, 1.165) is 78.3 Å². The van der Waals surface area contributed by atoms with Crippen LogP contribution in [-0.4, -0.2) is 0 Å². The monoisotopic (exact) mass is 1040 g/mol. The van der Waals surface area contributed by atoms with Crippen molar-refractivity contribution in [3.8, 4) is 66.8 Å². The molecule has 16 rings (SSSR count). The number of hydrogen-bond donors (Lipinski definition) is 0. The summed E-state index contributed by atoms with van der Waals surface area (Å²) in [5.74, 6) is 0. The maximum atomic E-state index is 6.80. The Kier molecular flexibility index (Phi) is 11.1. The van der Waals surface area contributed by atoms with Crippen LogP contribution in [0.3, 0.4) is 0 Å². The third-order valence-electron chi connectivity index (χ3n) is 17.1. The minimum absolute atomic E-state index is 0.633. The van der Waals surface area contributed by atoms with Gasteiger partial charge in [-0.1, -0.05) is 243 Å². The molecule has 1 spiro atoms. The fourth-order valence-electron chi connectivity index (χ4n) is 13.6. The summed E-state index contributed by atoms with van der Waals surface area (Å²) in [7, 11) is 0. The van der Waals surface area contributed by atoms with Gasteiger partial charge >= 0.3 is 0 Å².